The third-order valence-electron chi connectivity index (χ3n) is 13.9. The van der Waals surface area contributed by atoms with Crippen molar-refractivity contribution in [2.45, 2.75) is 189 Å². The van der Waals surface area contributed by atoms with Crippen molar-refractivity contribution < 1.29 is 41.4 Å². The summed E-state index contributed by atoms with van der Waals surface area (Å²) in [6.45, 7) is 31.3. The van der Waals surface area contributed by atoms with Crippen LogP contribution >= 0.6 is 12.0 Å². The quantitative estimate of drug-likeness (QED) is 0.0113. The first kappa shape index (κ1) is 67.5. The Kier molecular flexibility index (Phi) is 32.4. The van der Waals surface area contributed by atoms with Crippen molar-refractivity contribution in [3.8, 4) is 6.07 Å². The molecule has 0 atom stereocenters. The molecule has 0 spiro atoms. The van der Waals surface area contributed by atoms with Crippen LogP contribution in [0.25, 0.3) is 16.6 Å². The number of allylic oxidation sites excluding steroid dienone is 2. The van der Waals surface area contributed by atoms with Gasteiger partial charge in [0.1, 0.15) is 27.5 Å². The Morgan fingerprint density at radius 2 is 1.11 bits per heavy atom. The number of fused-ring (bicyclic) bond motifs is 3. The summed E-state index contributed by atoms with van der Waals surface area (Å²) in [4.78, 5) is 22.2. The van der Waals surface area contributed by atoms with Crippen LogP contribution in [0.15, 0.2) is 97.3 Å². The molecular weight excluding hydrogens is 997 g/mol. The van der Waals surface area contributed by atoms with Crippen molar-refractivity contribution in [3.63, 3.8) is 0 Å². The fourth-order valence-corrected chi connectivity index (χ4v) is 10.5. The normalized spacial score (nSPS) is 13.3. The molecule has 2 heterocycles. The predicted octanol–water partition coefficient (Wildman–Crippen LogP) is 14.8. The number of carbonyl (C=O) groups excluding carboxylic acids is 1. The van der Waals surface area contributed by atoms with Gasteiger partial charge in [-0.1, -0.05) is 132 Å². The zero-order valence-electron chi connectivity index (χ0n) is 46.8. The van der Waals surface area contributed by atoms with E-state index in [1.165, 1.54) is 181 Å². The molecule has 1 aliphatic rings. The molecule has 76 heavy (non-hydrogen) atoms. The number of azo groups is 1. The summed E-state index contributed by atoms with van der Waals surface area (Å²) in [6.07, 6.45) is 22.1. The minimum Gasteiger partial charge on any atom is -0.744 e. The van der Waals surface area contributed by atoms with Crippen LogP contribution in [0.2, 0.25) is 0 Å². The van der Waals surface area contributed by atoms with Crippen LogP contribution in [0, 0.1) is 11.3 Å². The predicted molar refractivity (Wildman–Crippen MR) is 308 cm³/mol. The first-order valence-corrected chi connectivity index (χ1v) is 30.0. The van der Waals surface area contributed by atoms with Crippen molar-refractivity contribution in [1.82, 2.24) is 9.55 Å². The topological polar surface area (TPSA) is 194 Å². The number of hydrogen-bond acceptors (Lipinski definition) is 13. The maximum absolute atomic E-state index is 13.4. The van der Waals surface area contributed by atoms with Crippen molar-refractivity contribution in [3.05, 3.63) is 83.7 Å². The Hall–Kier alpha value is -4.64. The fraction of sp³-hybridized carbons (Fsp3) is 0.593. The van der Waals surface area contributed by atoms with Gasteiger partial charge in [-0.15, -0.1) is 0 Å². The Morgan fingerprint density at radius 3 is 1.53 bits per heavy atom. The van der Waals surface area contributed by atoms with E-state index in [-0.39, 0.29) is 47.9 Å². The van der Waals surface area contributed by atoms with Gasteiger partial charge in [0, 0.05) is 10.5 Å². The number of aromatic nitrogens is 2. The third kappa shape index (κ3) is 21.3. The number of imidazole rings is 1. The minimum atomic E-state index is -4.96. The van der Waals surface area contributed by atoms with Gasteiger partial charge in [0.15, 0.2) is 5.82 Å². The molecule has 0 saturated heterocycles. The third-order valence-corrected chi connectivity index (χ3v) is 15.4. The van der Waals surface area contributed by atoms with E-state index in [1.807, 2.05) is 0 Å². The Bertz CT molecular complexity index is 2460. The lowest BCUT2D eigenvalue weighted by Crippen LogP contribution is -2.50. The molecule has 0 saturated carbocycles. The number of benzene rings is 3. The van der Waals surface area contributed by atoms with Crippen LogP contribution in [-0.4, -0.2) is 95.5 Å². The summed E-state index contributed by atoms with van der Waals surface area (Å²) in [6, 6.07) is 19.2. The summed E-state index contributed by atoms with van der Waals surface area (Å²) in [5, 5.41) is 31.0. The number of para-hydroxylation sites is 2. The lowest BCUT2D eigenvalue weighted by molar-refractivity contribution is -0.929. The molecule has 15 nitrogen and oxygen atoms in total. The zero-order chi connectivity index (χ0) is 55.1. The standard InChI is InChI=1S/C26H18N6O7S2.2C16H36N.CH4/c1-15-20(13-27)25-29-21-4-2-3-5-22(21)32(25)26(33)24(15)28-14-16-6-7-18(12-23(16)41(35,36)37)31-30-17-8-10-19(11-9-17)40-39-38-34;2*1-5-9-13-17(14-10-6-2,15-11-7-3)16-12-8-4;/h2-12,34H,14H2,1H3,(H,35,36,37);2*5-16H2,1-4H3;1H4/q;2*+1;/p-2. The summed E-state index contributed by atoms with van der Waals surface area (Å²) >= 11 is 0.701. The van der Waals surface area contributed by atoms with Gasteiger partial charge >= 0.3 is 0 Å². The number of hydrogen-bond donors (Lipinski definition) is 0. The maximum atomic E-state index is 13.4. The molecule has 1 aliphatic heterocycles. The Morgan fingerprint density at radius 1 is 0.671 bits per heavy atom. The van der Waals surface area contributed by atoms with Gasteiger partial charge in [-0.25, -0.2) is 13.4 Å². The molecule has 0 aliphatic carbocycles. The van der Waals surface area contributed by atoms with E-state index in [2.05, 4.69) is 91.0 Å². The molecule has 0 N–H and O–H groups in total. The van der Waals surface area contributed by atoms with Crippen LogP contribution < -0.4 is 5.26 Å². The molecule has 0 unspecified atom stereocenters. The maximum Gasteiger partial charge on any atom is 0.282 e. The summed E-state index contributed by atoms with van der Waals surface area (Å²) in [5.41, 5.74) is 1.94. The lowest BCUT2D eigenvalue weighted by Gasteiger charge is -2.39. The molecule has 4 aromatic rings. The van der Waals surface area contributed by atoms with E-state index < -0.39 is 20.9 Å². The average Bonchev–Trinajstić information content (AvgIpc) is 3.81. The van der Waals surface area contributed by atoms with Crippen molar-refractivity contribution in [1.29, 1.82) is 5.26 Å². The first-order chi connectivity index (χ1) is 36.2. The highest BCUT2D eigenvalue weighted by molar-refractivity contribution is 7.94. The highest BCUT2D eigenvalue weighted by atomic mass is 32.2. The molecule has 1 aromatic heterocycles. The second kappa shape index (κ2) is 36.5. The monoisotopic (exact) mass is 1090 g/mol. The largest absolute Gasteiger partial charge is 0.744 e. The van der Waals surface area contributed by atoms with E-state index in [0.29, 0.717) is 33.7 Å². The van der Waals surface area contributed by atoms with Crippen molar-refractivity contribution in [2.75, 3.05) is 52.4 Å². The van der Waals surface area contributed by atoms with Gasteiger partial charge in [-0.3, -0.25) is 19.4 Å². The molecule has 422 valence electrons. The van der Waals surface area contributed by atoms with Crippen molar-refractivity contribution >= 4 is 61.8 Å². The molecular formula is C59H92N8O7S2. The van der Waals surface area contributed by atoms with E-state index in [1.54, 1.807) is 55.5 Å². The van der Waals surface area contributed by atoms with Crippen molar-refractivity contribution in [2.24, 2.45) is 15.2 Å². The van der Waals surface area contributed by atoms with Crippen LogP contribution in [0.3, 0.4) is 0 Å². The van der Waals surface area contributed by atoms with Gasteiger partial charge in [0.05, 0.1) is 98.2 Å². The van der Waals surface area contributed by atoms with Gasteiger partial charge in [-0.05, 0) is 112 Å². The molecule has 5 rings (SSSR count). The molecule has 0 amide bonds. The lowest BCUT2D eigenvalue weighted by atomic mass is 10.0. The molecule has 0 bridgehead atoms. The zero-order valence-corrected chi connectivity index (χ0v) is 48.4. The number of aliphatic imine (C=N–C) groups is 1. The van der Waals surface area contributed by atoms with Crippen LogP contribution in [0.5, 0.6) is 0 Å². The van der Waals surface area contributed by atoms with Gasteiger partial charge < -0.3 is 18.8 Å². The van der Waals surface area contributed by atoms with Crippen LogP contribution in [-0.2, 0) is 26.0 Å². The molecule has 0 fully saturated rings. The summed E-state index contributed by atoms with van der Waals surface area (Å²) in [5.74, 6) is -0.329. The molecule has 3 aromatic carbocycles. The fourth-order valence-electron chi connectivity index (χ4n) is 9.43. The van der Waals surface area contributed by atoms with E-state index in [4.69, 9.17) is 0 Å². The number of carbonyl (C=O) groups is 1. The number of rotatable bonds is 32. The molecule has 0 radical (unpaired) electrons. The SMILES string of the molecule is C.CC1=C(C#N)c2nc3ccccc3n2C(=O)C1=NCc1ccc(N=Nc2ccc(SOO[O-])cc2)cc1S(=O)(=O)[O-].CCCC[N+](CCCC)(CCCC)CCCC.CCCC[N+](CCCC)(CCCC)CCCC. The Balaban J connectivity index is 0.000000469. The average molecular weight is 1090 g/mol. The highest BCUT2D eigenvalue weighted by Crippen LogP contribution is 2.31. The number of nitriles is 1. The Labute approximate surface area is 461 Å². The smallest absolute Gasteiger partial charge is 0.282 e. The first-order valence-electron chi connectivity index (χ1n) is 27.8. The minimum absolute atomic E-state index is 0. The van der Waals surface area contributed by atoms with E-state index in [9.17, 15) is 28.3 Å². The number of unbranched alkanes of at least 4 members (excludes halogenated alkanes) is 8. The van der Waals surface area contributed by atoms with Crippen LogP contribution in [0.4, 0.5) is 11.4 Å². The number of quaternary nitrogens is 2. The van der Waals surface area contributed by atoms with E-state index >= 15 is 0 Å². The second-order valence-electron chi connectivity index (χ2n) is 19.8. The molecule has 17 heteroatoms. The summed E-state index contributed by atoms with van der Waals surface area (Å²) < 4.78 is 44.7. The highest BCUT2D eigenvalue weighted by Gasteiger charge is 2.32. The number of nitrogens with zero attached hydrogens (tertiary/aromatic N) is 8. The second-order valence-corrected chi connectivity index (χ2v) is 21.9. The van der Waals surface area contributed by atoms with E-state index in [0.717, 1.165) is 6.07 Å². The van der Waals surface area contributed by atoms with Gasteiger partial charge in [0.2, 0.25) is 0 Å². The summed E-state index contributed by atoms with van der Waals surface area (Å²) in [7, 11) is -4.96. The van der Waals surface area contributed by atoms with Gasteiger partial charge in [-0.2, -0.15) is 19.8 Å². The van der Waals surface area contributed by atoms with Gasteiger partial charge in [0.25, 0.3) is 5.91 Å². The van der Waals surface area contributed by atoms with Crippen LogP contribution in [0.1, 0.15) is 189 Å².